The lowest BCUT2D eigenvalue weighted by Crippen LogP contribution is -2.43. The molecule has 0 aliphatic rings. The number of hydrogen-bond donors (Lipinski definition) is 1. The second kappa shape index (κ2) is 7.53. The van der Waals surface area contributed by atoms with Crippen molar-refractivity contribution < 1.29 is 14.3 Å². The summed E-state index contributed by atoms with van der Waals surface area (Å²) >= 11 is 0. The van der Waals surface area contributed by atoms with Crippen LogP contribution in [0.3, 0.4) is 0 Å². The van der Waals surface area contributed by atoms with Crippen LogP contribution < -0.4 is 5.32 Å². The summed E-state index contributed by atoms with van der Waals surface area (Å²) in [4.78, 5) is 33.9. The van der Waals surface area contributed by atoms with E-state index in [2.05, 4.69) is 15.3 Å². The molecule has 0 radical (unpaired) electrons. The zero-order chi connectivity index (χ0) is 19.4. The highest BCUT2D eigenvalue weighted by molar-refractivity contribution is 5.94. The predicted octanol–water partition coefficient (Wildman–Crippen LogP) is 3.30. The predicted molar refractivity (Wildman–Crippen MR) is 102 cm³/mol. The molecule has 0 saturated heterocycles. The van der Waals surface area contributed by atoms with Gasteiger partial charge in [-0.1, -0.05) is 42.5 Å². The molecule has 1 aromatic heterocycles. The van der Waals surface area contributed by atoms with Crippen LogP contribution in [0.1, 0.15) is 35.9 Å². The molecule has 1 heterocycles. The molecule has 3 rings (SSSR count). The quantitative estimate of drug-likeness (QED) is 0.704. The van der Waals surface area contributed by atoms with Crippen molar-refractivity contribution in [2.75, 3.05) is 7.11 Å². The number of methoxy groups -OCH3 is 1. The monoisotopic (exact) mass is 363 g/mol. The van der Waals surface area contributed by atoms with Gasteiger partial charge < -0.3 is 10.1 Å². The number of nitrogens with zero attached hydrogens (tertiary/aromatic N) is 2. The lowest BCUT2D eigenvalue weighted by molar-refractivity contribution is -0.152. The number of benzene rings is 2. The normalized spacial score (nSPS) is 12.4. The molecule has 27 heavy (non-hydrogen) atoms. The van der Waals surface area contributed by atoms with E-state index in [1.165, 1.54) is 13.3 Å². The van der Waals surface area contributed by atoms with Crippen molar-refractivity contribution in [1.82, 2.24) is 15.3 Å². The number of amides is 1. The Labute approximate surface area is 157 Å². The fourth-order valence-electron chi connectivity index (χ4n) is 2.98. The van der Waals surface area contributed by atoms with E-state index >= 15 is 0 Å². The highest BCUT2D eigenvalue weighted by atomic mass is 16.5. The Balaban J connectivity index is 1.95. The van der Waals surface area contributed by atoms with E-state index in [0.29, 0.717) is 11.0 Å². The van der Waals surface area contributed by atoms with Crippen molar-refractivity contribution in [1.29, 1.82) is 0 Å². The highest BCUT2D eigenvalue weighted by Gasteiger charge is 2.40. The number of aromatic nitrogens is 2. The molecular formula is C21H21N3O3. The number of hydrogen-bond acceptors (Lipinski definition) is 5. The minimum atomic E-state index is -0.976. The standard InChI is InChI=1S/C21H21N3O3/c1-21(2,20(26)27-3)18(14-9-5-4-6-10-14)24-19(25)17-13-22-15-11-7-8-12-16(15)23-17/h4-13,18H,1-3H3,(H,24,25)/t18-/m1/s1. The van der Waals surface area contributed by atoms with Crippen LogP contribution in [0.4, 0.5) is 0 Å². The average molecular weight is 363 g/mol. The van der Waals surface area contributed by atoms with Gasteiger partial charge in [0.15, 0.2) is 0 Å². The summed E-state index contributed by atoms with van der Waals surface area (Å²) in [6.07, 6.45) is 1.44. The fourth-order valence-corrected chi connectivity index (χ4v) is 2.98. The third-order valence-electron chi connectivity index (χ3n) is 4.52. The van der Waals surface area contributed by atoms with E-state index in [1.54, 1.807) is 19.9 Å². The van der Waals surface area contributed by atoms with E-state index in [-0.39, 0.29) is 5.69 Å². The molecule has 0 saturated carbocycles. The number of carbonyl (C=O) groups excluding carboxylic acids is 2. The van der Waals surface area contributed by atoms with Crippen molar-refractivity contribution in [3.05, 3.63) is 72.1 Å². The van der Waals surface area contributed by atoms with E-state index in [4.69, 9.17) is 4.74 Å². The van der Waals surface area contributed by atoms with E-state index in [9.17, 15) is 9.59 Å². The maximum atomic E-state index is 12.9. The second-order valence-corrected chi connectivity index (χ2v) is 6.77. The van der Waals surface area contributed by atoms with Gasteiger partial charge in [0.2, 0.25) is 0 Å². The molecule has 1 N–H and O–H groups in total. The number of fused-ring (bicyclic) bond motifs is 1. The minimum absolute atomic E-state index is 0.190. The lowest BCUT2D eigenvalue weighted by atomic mass is 9.80. The molecule has 138 valence electrons. The van der Waals surface area contributed by atoms with Gasteiger partial charge in [-0.15, -0.1) is 0 Å². The van der Waals surface area contributed by atoms with Crippen molar-refractivity contribution in [3.63, 3.8) is 0 Å². The minimum Gasteiger partial charge on any atom is -0.469 e. The van der Waals surface area contributed by atoms with Gasteiger partial charge in [0, 0.05) is 0 Å². The first-order chi connectivity index (χ1) is 12.9. The van der Waals surface area contributed by atoms with Gasteiger partial charge in [-0.25, -0.2) is 4.98 Å². The molecular weight excluding hydrogens is 342 g/mol. The fraction of sp³-hybridized carbons (Fsp3) is 0.238. The van der Waals surface area contributed by atoms with Gasteiger partial charge in [-0.2, -0.15) is 0 Å². The maximum Gasteiger partial charge on any atom is 0.313 e. The molecule has 0 spiro atoms. The van der Waals surface area contributed by atoms with Crippen molar-refractivity contribution in [2.24, 2.45) is 5.41 Å². The zero-order valence-corrected chi connectivity index (χ0v) is 15.5. The molecule has 6 nitrogen and oxygen atoms in total. The van der Waals surface area contributed by atoms with Crippen molar-refractivity contribution >= 4 is 22.9 Å². The van der Waals surface area contributed by atoms with Crippen molar-refractivity contribution in [3.8, 4) is 0 Å². The van der Waals surface area contributed by atoms with Crippen LogP contribution in [0.5, 0.6) is 0 Å². The van der Waals surface area contributed by atoms with Crippen LogP contribution in [0.15, 0.2) is 60.8 Å². The summed E-state index contributed by atoms with van der Waals surface area (Å²) in [7, 11) is 1.34. The smallest absolute Gasteiger partial charge is 0.313 e. The van der Waals surface area contributed by atoms with Crippen LogP contribution in [-0.2, 0) is 9.53 Å². The topological polar surface area (TPSA) is 81.2 Å². The van der Waals surface area contributed by atoms with Gasteiger partial charge in [0.1, 0.15) is 5.69 Å². The third kappa shape index (κ3) is 3.79. The maximum absolute atomic E-state index is 12.9. The molecule has 2 aromatic carbocycles. The molecule has 1 amide bonds. The van der Waals surface area contributed by atoms with E-state index in [0.717, 1.165) is 5.56 Å². The number of esters is 1. The van der Waals surface area contributed by atoms with E-state index in [1.807, 2.05) is 48.5 Å². The van der Waals surface area contributed by atoms with E-state index < -0.39 is 23.3 Å². The molecule has 0 unspecified atom stereocenters. The molecule has 0 bridgehead atoms. The first kappa shape index (κ1) is 18.5. The third-order valence-corrected chi connectivity index (χ3v) is 4.52. The largest absolute Gasteiger partial charge is 0.469 e. The van der Waals surface area contributed by atoms with Crippen LogP contribution in [0, 0.1) is 5.41 Å². The molecule has 6 heteroatoms. The number of nitrogens with one attached hydrogen (secondary N) is 1. The Morgan fingerprint density at radius 2 is 1.63 bits per heavy atom. The summed E-state index contributed by atoms with van der Waals surface area (Å²) in [5, 5.41) is 2.93. The Morgan fingerprint density at radius 3 is 2.30 bits per heavy atom. The summed E-state index contributed by atoms with van der Waals surface area (Å²) in [5.41, 5.74) is 1.36. The second-order valence-electron chi connectivity index (χ2n) is 6.77. The molecule has 3 aromatic rings. The van der Waals surface area contributed by atoms with Crippen LogP contribution in [0.25, 0.3) is 11.0 Å². The lowest BCUT2D eigenvalue weighted by Gasteiger charge is -2.32. The summed E-state index contributed by atoms with van der Waals surface area (Å²) in [6.45, 7) is 3.48. The van der Waals surface area contributed by atoms with Gasteiger partial charge in [-0.3, -0.25) is 14.6 Å². The van der Waals surface area contributed by atoms with Gasteiger partial charge in [0.25, 0.3) is 5.91 Å². The van der Waals surface area contributed by atoms with Crippen molar-refractivity contribution in [2.45, 2.75) is 19.9 Å². The Morgan fingerprint density at radius 1 is 1.00 bits per heavy atom. The van der Waals surface area contributed by atoms with Crippen LogP contribution >= 0.6 is 0 Å². The molecule has 0 fully saturated rings. The van der Waals surface area contributed by atoms with Crippen LogP contribution in [-0.4, -0.2) is 29.0 Å². The SMILES string of the molecule is COC(=O)C(C)(C)[C@H](NC(=O)c1cnc2ccccc2n1)c1ccccc1. The molecule has 1 atom stereocenters. The average Bonchev–Trinajstić information content (AvgIpc) is 2.71. The first-order valence-electron chi connectivity index (χ1n) is 8.59. The number of ether oxygens (including phenoxy) is 1. The number of para-hydroxylation sites is 2. The summed E-state index contributed by atoms with van der Waals surface area (Å²) in [6, 6.07) is 16.1. The highest BCUT2D eigenvalue weighted by Crippen LogP contribution is 2.34. The first-order valence-corrected chi connectivity index (χ1v) is 8.59. The van der Waals surface area contributed by atoms with Gasteiger partial charge in [0.05, 0.1) is 35.8 Å². The Hall–Kier alpha value is -3.28. The van der Waals surface area contributed by atoms with Gasteiger partial charge in [-0.05, 0) is 31.5 Å². The number of rotatable bonds is 5. The Bertz CT molecular complexity index is 971. The summed E-state index contributed by atoms with van der Waals surface area (Å²) in [5.74, 6) is -0.819. The zero-order valence-electron chi connectivity index (χ0n) is 15.5. The number of carbonyl (C=O) groups is 2. The molecule has 0 aliphatic carbocycles. The van der Waals surface area contributed by atoms with Gasteiger partial charge >= 0.3 is 5.97 Å². The molecule has 0 aliphatic heterocycles. The van der Waals surface area contributed by atoms with Crippen LogP contribution in [0.2, 0.25) is 0 Å². The Kier molecular flexibility index (Phi) is 5.16. The summed E-state index contributed by atoms with van der Waals surface area (Å²) < 4.78 is 4.94.